The van der Waals surface area contributed by atoms with Gasteiger partial charge >= 0.3 is 17.9 Å². The highest BCUT2D eigenvalue weighted by Gasteiger charge is 2.19. The molecular weight excluding hydrogens is 1010 g/mol. The van der Waals surface area contributed by atoms with Gasteiger partial charge in [-0.3, -0.25) is 14.4 Å². The quantitative estimate of drug-likeness (QED) is 0.0261. The zero-order valence-corrected chi connectivity index (χ0v) is 53.5. The maximum atomic E-state index is 12.9. The third-order valence-corrected chi connectivity index (χ3v) is 14.4. The van der Waals surface area contributed by atoms with E-state index < -0.39 is 6.10 Å². The Morgan fingerprint density at radius 1 is 0.256 bits per heavy atom. The van der Waals surface area contributed by atoms with E-state index in [0.29, 0.717) is 19.3 Å². The van der Waals surface area contributed by atoms with Crippen LogP contribution in [0.25, 0.3) is 0 Å². The number of hydrogen-bond donors (Lipinski definition) is 0. The third-order valence-electron chi connectivity index (χ3n) is 14.4. The Morgan fingerprint density at radius 2 is 0.476 bits per heavy atom. The lowest BCUT2D eigenvalue weighted by atomic mass is 10.1. The van der Waals surface area contributed by atoms with Gasteiger partial charge in [-0.25, -0.2) is 0 Å². The summed E-state index contributed by atoms with van der Waals surface area (Å²) in [5.41, 5.74) is 0. The molecule has 6 heteroatoms. The van der Waals surface area contributed by atoms with Crippen LogP contribution >= 0.6 is 0 Å². The lowest BCUT2D eigenvalue weighted by molar-refractivity contribution is -0.167. The van der Waals surface area contributed by atoms with Gasteiger partial charge in [0.05, 0.1) is 0 Å². The van der Waals surface area contributed by atoms with Gasteiger partial charge in [0.15, 0.2) is 6.10 Å². The van der Waals surface area contributed by atoms with Crippen LogP contribution in [0.3, 0.4) is 0 Å². The van der Waals surface area contributed by atoms with E-state index in [4.69, 9.17) is 14.2 Å². The van der Waals surface area contributed by atoms with Crippen molar-refractivity contribution in [2.75, 3.05) is 13.2 Å². The van der Waals surface area contributed by atoms with Crippen molar-refractivity contribution in [1.82, 2.24) is 0 Å². The number of allylic oxidation sites excluding steroid dienone is 22. The van der Waals surface area contributed by atoms with E-state index in [0.717, 1.165) is 148 Å². The maximum Gasteiger partial charge on any atom is 0.306 e. The van der Waals surface area contributed by atoms with Crippen LogP contribution in [0.5, 0.6) is 0 Å². The number of unbranched alkanes of at least 4 members (excludes halogenated alkanes) is 28. The normalized spacial score (nSPS) is 13.0. The molecule has 0 heterocycles. The topological polar surface area (TPSA) is 78.9 Å². The molecule has 0 rings (SSSR count). The van der Waals surface area contributed by atoms with Gasteiger partial charge in [0.2, 0.25) is 0 Å². The summed E-state index contributed by atoms with van der Waals surface area (Å²) in [5.74, 6) is -0.925. The van der Waals surface area contributed by atoms with E-state index in [1.54, 1.807) is 0 Å². The predicted molar refractivity (Wildman–Crippen MR) is 357 cm³/mol. The molecule has 0 aromatic heterocycles. The van der Waals surface area contributed by atoms with Crippen LogP contribution in [0.4, 0.5) is 0 Å². The minimum Gasteiger partial charge on any atom is -0.462 e. The summed E-state index contributed by atoms with van der Waals surface area (Å²) in [6, 6.07) is 0. The second-order valence-corrected chi connectivity index (χ2v) is 22.3. The van der Waals surface area contributed by atoms with E-state index in [-0.39, 0.29) is 31.1 Å². The number of hydrogen-bond acceptors (Lipinski definition) is 6. The van der Waals surface area contributed by atoms with E-state index in [2.05, 4.69) is 154 Å². The van der Waals surface area contributed by atoms with Crippen molar-refractivity contribution in [3.8, 4) is 0 Å². The first kappa shape index (κ1) is 77.5. The van der Waals surface area contributed by atoms with Crippen LogP contribution in [0, 0.1) is 0 Å². The van der Waals surface area contributed by atoms with E-state index in [1.807, 2.05) is 0 Å². The zero-order chi connectivity index (χ0) is 59.2. The summed E-state index contributed by atoms with van der Waals surface area (Å²) in [6.45, 7) is 6.49. The molecule has 0 aromatic carbocycles. The number of esters is 3. The van der Waals surface area contributed by atoms with Gasteiger partial charge in [-0.15, -0.1) is 0 Å². The Hall–Kier alpha value is -4.45. The van der Waals surface area contributed by atoms with Gasteiger partial charge in [-0.1, -0.05) is 283 Å². The molecule has 1 unspecified atom stereocenters. The molecule has 0 aromatic rings. The second kappa shape index (κ2) is 69.0. The largest absolute Gasteiger partial charge is 0.462 e. The lowest BCUT2D eigenvalue weighted by Gasteiger charge is -2.18. The average Bonchev–Trinajstić information content (AvgIpc) is 3.47. The van der Waals surface area contributed by atoms with Crippen molar-refractivity contribution in [1.29, 1.82) is 0 Å². The smallest absolute Gasteiger partial charge is 0.306 e. The monoisotopic (exact) mass is 1130 g/mol. The zero-order valence-electron chi connectivity index (χ0n) is 53.5. The molecule has 6 nitrogen and oxygen atoms in total. The summed E-state index contributed by atoms with van der Waals surface area (Å²) in [6.07, 6.45) is 97.4. The minimum atomic E-state index is -0.802. The van der Waals surface area contributed by atoms with E-state index >= 15 is 0 Å². The summed E-state index contributed by atoms with van der Waals surface area (Å²) < 4.78 is 17.0. The highest BCUT2D eigenvalue weighted by Crippen LogP contribution is 2.15. The molecule has 0 aliphatic heterocycles. The molecule has 0 radical (unpaired) electrons. The first-order valence-electron chi connectivity index (χ1n) is 34.2. The predicted octanol–water partition coefficient (Wildman–Crippen LogP) is 23.7. The second-order valence-electron chi connectivity index (χ2n) is 22.3. The molecule has 0 amide bonds. The number of carbonyl (C=O) groups is 3. The Morgan fingerprint density at radius 3 is 0.780 bits per heavy atom. The summed E-state index contributed by atoms with van der Waals surface area (Å²) in [7, 11) is 0. The van der Waals surface area contributed by atoms with Gasteiger partial charge in [-0.05, 0) is 141 Å². The van der Waals surface area contributed by atoms with Crippen LogP contribution in [-0.4, -0.2) is 37.2 Å². The van der Waals surface area contributed by atoms with Crippen molar-refractivity contribution >= 4 is 17.9 Å². The van der Waals surface area contributed by atoms with Crippen molar-refractivity contribution in [2.24, 2.45) is 0 Å². The van der Waals surface area contributed by atoms with Gasteiger partial charge in [0.25, 0.3) is 0 Å². The summed E-state index contributed by atoms with van der Waals surface area (Å²) in [4.78, 5) is 38.4. The number of rotatable bonds is 61. The molecule has 0 N–H and O–H groups in total. The van der Waals surface area contributed by atoms with Gasteiger partial charge in [0.1, 0.15) is 13.2 Å². The van der Waals surface area contributed by atoms with Crippen molar-refractivity contribution in [3.63, 3.8) is 0 Å². The van der Waals surface area contributed by atoms with Gasteiger partial charge in [0, 0.05) is 19.3 Å². The molecule has 82 heavy (non-hydrogen) atoms. The van der Waals surface area contributed by atoms with Crippen LogP contribution in [0.15, 0.2) is 134 Å². The molecular formula is C76H126O6. The van der Waals surface area contributed by atoms with Crippen LogP contribution in [-0.2, 0) is 28.6 Å². The molecule has 1 atom stereocenters. The lowest BCUT2D eigenvalue weighted by Crippen LogP contribution is -2.30. The SMILES string of the molecule is CC/C=C\C/C=C\C/C=C\C/C=C\C/C=C\C/C=C\C/C=C\CCCCCCCC(=O)OCC(COC(=O)CCCCCCCCC/C=C\CCCCCCCCC)OC(=O)CCCCCCCC/C=C\C/C=C\C/C=C\CCCCC. The fourth-order valence-corrected chi connectivity index (χ4v) is 9.25. The Kier molecular flexibility index (Phi) is 65.3. The highest BCUT2D eigenvalue weighted by atomic mass is 16.6. The fraction of sp³-hybridized carbons (Fsp3) is 0.671. The van der Waals surface area contributed by atoms with Crippen LogP contribution in [0.1, 0.15) is 310 Å². The Balaban J connectivity index is 4.46. The maximum absolute atomic E-state index is 12.9. The van der Waals surface area contributed by atoms with E-state index in [1.165, 1.54) is 122 Å². The minimum absolute atomic E-state index is 0.0948. The van der Waals surface area contributed by atoms with Crippen LogP contribution < -0.4 is 0 Å². The molecule has 0 spiro atoms. The van der Waals surface area contributed by atoms with E-state index in [9.17, 15) is 14.4 Å². The fourth-order valence-electron chi connectivity index (χ4n) is 9.25. The molecule has 0 saturated carbocycles. The van der Waals surface area contributed by atoms with Crippen molar-refractivity contribution in [2.45, 2.75) is 316 Å². The van der Waals surface area contributed by atoms with Crippen molar-refractivity contribution in [3.05, 3.63) is 134 Å². The van der Waals surface area contributed by atoms with Crippen molar-refractivity contribution < 1.29 is 28.6 Å². The molecule has 0 aliphatic rings. The Labute approximate surface area is 506 Å². The highest BCUT2D eigenvalue weighted by molar-refractivity contribution is 5.71. The summed E-state index contributed by atoms with van der Waals surface area (Å²) in [5, 5.41) is 0. The molecule has 0 fully saturated rings. The average molecular weight is 1140 g/mol. The van der Waals surface area contributed by atoms with Gasteiger partial charge < -0.3 is 14.2 Å². The van der Waals surface area contributed by atoms with Gasteiger partial charge in [-0.2, -0.15) is 0 Å². The number of ether oxygens (including phenoxy) is 3. The molecule has 0 bridgehead atoms. The molecule has 0 saturated heterocycles. The third kappa shape index (κ3) is 66.4. The standard InChI is InChI=1S/C76H126O6/c1-4-7-10-13-16-19-22-25-28-31-34-35-36-37-38-39-40-41-43-45-48-51-54-57-60-63-66-69-75(78)81-72-73(71-80-74(77)68-65-62-59-56-53-50-47-44-33-30-27-24-21-18-15-12-9-6-3)82-76(79)70-67-64-61-58-55-52-49-46-42-32-29-26-23-20-17-14-11-8-5-2/h7,10,16-17,19-20,25-26,28-30,33-35,37-38,40-42,45-46,48,73H,4-6,8-9,11-15,18,21-24,27,31-32,36,39,43-44,47,49-72H2,1-3H3/b10-7-,19-16-,20-17-,28-25-,29-26-,33-30-,35-34-,38-37-,41-40-,46-42-,48-45-. The first-order chi connectivity index (χ1) is 40.5. The molecule has 0 aliphatic carbocycles. The summed E-state index contributed by atoms with van der Waals surface area (Å²) >= 11 is 0. The number of carbonyl (C=O) groups excluding carboxylic acids is 3. The van der Waals surface area contributed by atoms with Crippen LogP contribution in [0.2, 0.25) is 0 Å². The Bertz CT molecular complexity index is 1730. The first-order valence-corrected chi connectivity index (χ1v) is 34.2. The molecule has 466 valence electrons.